The van der Waals surface area contributed by atoms with Gasteiger partial charge in [-0.15, -0.1) is 0 Å². The van der Waals surface area contributed by atoms with Crippen LogP contribution < -0.4 is 9.62 Å². The molecule has 10 heteroatoms. The molecule has 0 bridgehead atoms. The largest absolute Gasteiger partial charge is 0.352 e. The zero-order chi connectivity index (χ0) is 29.4. The first-order chi connectivity index (χ1) is 19.0. The molecule has 3 aromatic carbocycles. The zero-order valence-corrected chi connectivity index (χ0v) is 25.4. The van der Waals surface area contributed by atoms with E-state index >= 15 is 0 Å². The van der Waals surface area contributed by atoms with Crippen LogP contribution in [0.5, 0.6) is 0 Å². The molecule has 0 radical (unpaired) electrons. The van der Waals surface area contributed by atoms with Crippen LogP contribution in [0, 0.1) is 6.92 Å². The molecule has 0 saturated heterocycles. The van der Waals surface area contributed by atoms with E-state index < -0.39 is 28.5 Å². The third kappa shape index (κ3) is 7.56. The van der Waals surface area contributed by atoms with Crippen LogP contribution >= 0.6 is 23.2 Å². The van der Waals surface area contributed by atoms with Gasteiger partial charge in [0, 0.05) is 17.6 Å². The fourth-order valence-electron chi connectivity index (χ4n) is 4.25. The summed E-state index contributed by atoms with van der Waals surface area (Å²) < 4.78 is 28.7. The summed E-state index contributed by atoms with van der Waals surface area (Å²) in [7, 11) is -4.22. The Kier molecular flexibility index (Phi) is 11.0. The lowest BCUT2D eigenvalue weighted by Gasteiger charge is -2.34. The lowest BCUT2D eigenvalue weighted by atomic mass is 10.1. The minimum atomic E-state index is -4.22. The highest BCUT2D eigenvalue weighted by Gasteiger charge is 2.34. The maximum absolute atomic E-state index is 14.1. The summed E-state index contributed by atoms with van der Waals surface area (Å²) in [5.41, 5.74) is 1.91. The van der Waals surface area contributed by atoms with E-state index in [-0.39, 0.29) is 34.1 Å². The number of sulfonamides is 1. The van der Waals surface area contributed by atoms with Gasteiger partial charge in [-0.05, 0) is 68.1 Å². The van der Waals surface area contributed by atoms with Crippen molar-refractivity contribution in [1.29, 1.82) is 0 Å². The van der Waals surface area contributed by atoms with Gasteiger partial charge in [-0.25, -0.2) is 8.42 Å². The third-order valence-corrected chi connectivity index (χ3v) is 9.09. The van der Waals surface area contributed by atoms with Crippen LogP contribution in [0.2, 0.25) is 10.0 Å². The number of hydrogen-bond acceptors (Lipinski definition) is 4. The van der Waals surface area contributed by atoms with Crippen LogP contribution in [0.3, 0.4) is 0 Å². The predicted octanol–water partition coefficient (Wildman–Crippen LogP) is 6.22. The van der Waals surface area contributed by atoms with Gasteiger partial charge in [0.1, 0.15) is 12.6 Å². The molecule has 214 valence electrons. The van der Waals surface area contributed by atoms with E-state index in [2.05, 4.69) is 5.32 Å². The van der Waals surface area contributed by atoms with E-state index in [1.54, 1.807) is 18.2 Å². The van der Waals surface area contributed by atoms with E-state index in [1.807, 2.05) is 52.0 Å². The number of amides is 2. The van der Waals surface area contributed by atoms with Crippen LogP contribution in [0.15, 0.2) is 77.7 Å². The van der Waals surface area contributed by atoms with Crippen molar-refractivity contribution >= 4 is 50.7 Å². The molecule has 1 N–H and O–H groups in total. The number of aryl methyl sites for hydroxylation is 1. The van der Waals surface area contributed by atoms with Crippen LogP contribution in [-0.2, 0) is 26.2 Å². The number of halogens is 2. The number of nitrogens with one attached hydrogen (secondary N) is 1. The minimum Gasteiger partial charge on any atom is -0.352 e. The summed E-state index contributed by atoms with van der Waals surface area (Å²) in [4.78, 5) is 28.9. The molecule has 0 saturated carbocycles. The van der Waals surface area contributed by atoms with Crippen molar-refractivity contribution in [2.24, 2.45) is 0 Å². The van der Waals surface area contributed by atoms with Crippen molar-refractivity contribution in [3.63, 3.8) is 0 Å². The van der Waals surface area contributed by atoms with E-state index in [0.717, 1.165) is 21.9 Å². The molecule has 0 heterocycles. The molecular formula is C30H35Cl2N3O4S. The Labute approximate surface area is 247 Å². The number of hydrogen-bond donors (Lipinski definition) is 1. The van der Waals surface area contributed by atoms with Gasteiger partial charge in [0.05, 0.1) is 15.6 Å². The Morgan fingerprint density at radius 2 is 1.57 bits per heavy atom. The minimum absolute atomic E-state index is 0.000764. The van der Waals surface area contributed by atoms with Gasteiger partial charge in [0.25, 0.3) is 10.0 Å². The summed E-state index contributed by atoms with van der Waals surface area (Å²) in [6, 6.07) is 18.9. The lowest BCUT2D eigenvalue weighted by Crippen LogP contribution is -2.53. The van der Waals surface area contributed by atoms with Gasteiger partial charge in [0.15, 0.2) is 0 Å². The second kappa shape index (κ2) is 14.0. The molecular weight excluding hydrogens is 569 g/mol. The number of rotatable bonds is 12. The molecule has 0 aliphatic heterocycles. The fraction of sp³-hybridized carbons (Fsp3) is 0.333. The maximum atomic E-state index is 14.1. The molecule has 0 aliphatic rings. The summed E-state index contributed by atoms with van der Waals surface area (Å²) in [5, 5.41) is 3.37. The quantitative estimate of drug-likeness (QED) is 0.266. The first kappa shape index (κ1) is 31.5. The van der Waals surface area contributed by atoms with Gasteiger partial charge < -0.3 is 10.2 Å². The van der Waals surface area contributed by atoms with Crippen molar-refractivity contribution in [1.82, 2.24) is 10.2 Å². The van der Waals surface area contributed by atoms with Gasteiger partial charge in [0.2, 0.25) is 11.8 Å². The predicted molar refractivity (Wildman–Crippen MR) is 161 cm³/mol. The third-order valence-electron chi connectivity index (χ3n) is 6.78. The Bertz CT molecular complexity index is 1430. The van der Waals surface area contributed by atoms with Gasteiger partial charge >= 0.3 is 0 Å². The number of carbonyl (C=O) groups is 2. The number of nitrogens with zero attached hydrogens (tertiary/aromatic N) is 2. The molecule has 0 unspecified atom stereocenters. The second-order valence-electron chi connectivity index (χ2n) is 9.61. The van der Waals surface area contributed by atoms with Crippen molar-refractivity contribution < 1.29 is 18.0 Å². The Morgan fingerprint density at radius 1 is 0.925 bits per heavy atom. The molecule has 3 aromatic rings. The van der Waals surface area contributed by atoms with Crippen LogP contribution in [0.1, 0.15) is 44.7 Å². The Hall–Kier alpha value is -3.07. The number of benzene rings is 3. The van der Waals surface area contributed by atoms with E-state index in [0.29, 0.717) is 11.4 Å². The van der Waals surface area contributed by atoms with E-state index in [9.17, 15) is 18.0 Å². The van der Waals surface area contributed by atoms with E-state index in [1.165, 1.54) is 35.2 Å². The maximum Gasteiger partial charge on any atom is 0.264 e. The Morgan fingerprint density at radius 3 is 2.17 bits per heavy atom. The van der Waals surface area contributed by atoms with Crippen molar-refractivity contribution in [3.05, 3.63) is 94.0 Å². The number of anilines is 1. The Balaban J connectivity index is 2.09. The summed E-state index contributed by atoms with van der Waals surface area (Å²) in [6.45, 7) is 7.17. The van der Waals surface area contributed by atoms with Gasteiger partial charge in [-0.3, -0.25) is 13.9 Å². The molecule has 40 heavy (non-hydrogen) atoms. The van der Waals surface area contributed by atoms with Crippen molar-refractivity contribution in [3.8, 4) is 0 Å². The monoisotopic (exact) mass is 603 g/mol. The normalized spacial score (nSPS) is 12.8. The topological polar surface area (TPSA) is 86.8 Å². The fourth-order valence-corrected chi connectivity index (χ4v) is 6.26. The average molecular weight is 605 g/mol. The molecule has 7 nitrogen and oxygen atoms in total. The molecule has 0 aromatic heterocycles. The highest BCUT2D eigenvalue weighted by molar-refractivity contribution is 7.92. The van der Waals surface area contributed by atoms with Crippen molar-refractivity contribution in [2.45, 2.75) is 64.1 Å². The molecule has 3 rings (SSSR count). The molecule has 0 aliphatic carbocycles. The zero-order valence-electron chi connectivity index (χ0n) is 23.1. The first-order valence-electron chi connectivity index (χ1n) is 13.2. The van der Waals surface area contributed by atoms with Crippen molar-refractivity contribution in [2.75, 3.05) is 10.8 Å². The van der Waals surface area contributed by atoms with Gasteiger partial charge in [-0.2, -0.15) is 0 Å². The van der Waals surface area contributed by atoms with Crippen LogP contribution in [0.4, 0.5) is 5.69 Å². The highest BCUT2D eigenvalue weighted by atomic mass is 35.5. The molecule has 0 spiro atoms. The molecule has 0 fully saturated rings. The summed E-state index contributed by atoms with van der Waals surface area (Å²) >= 11 is 12.6. The molecule has 2 atom stereocenters. The smallest absolute Gasteiger partial charge is 0.264 e. The first-order valence-corrected chi connectivity index (χ1v) is 15.4. The summed E-state index contributed by atoms with van der Waals surface area (Å²) in [6.07, 6.45) is 1.07. The average Bonchev–Trinajstić information content (AvgIpc) is 2.93. The van der Waals surface area contributed by atoms with Gasteiger partial charge in [-0.1, -0.05) is 79.5 Å². The highest BCUT2D eigenvalue weighted by Crippen LogP contribution is 2.33. The van der Waals surface area contributed by atoms with Crippen LogP contribution in [-0.4, -0.2) is 43.8 Å². The standard InChI is InChI=1S/C30H35Cl2N3O4S/c1-5-22(4)33-30(37)27(6-2)34(19-23-13-11-10-12-21(23)3)29(36)20-35(28-17-16-24(31)18-26(28)32)40(38,39)25-14-8-7-9-15-25/h7-18,22,27H,5-6,19-20H2,1-4H3,(H,33,37)/t22-,27+/m1/s1. The molecule has 2 amide bonds. The second-order valence-corrected chi connectivity index (χ2v) is 12.3. The summed E-state index contributed by atoms with van der Waals surface area (Å²) in [5.74, 6) is -0.833. The number of carbonyl (C=O) groups excluding carboxylic acids is 2. The SMILES string of the molecule is CC[C@@H](C)NC(=O)[C@H](CC)N(Cc1ccccc1C)C(=O)CN(c1ccc(Cl)cc1Cl)S(=O)(=O)c1ccccc1. The van der Waals surface area contributed by atoms with Crippen LogP contribution in [0.25, 0.3) is 0 Å². The van der Waals surface area contributed by atoms with E-state index in [4.69, 9.17) is 23.2 Å². The lowest BCUT2D eigenvalue weighted by molar-refractivity contribution is -0.140.